The average molecular weight is 179 g/mol. The summed E-state index contributed by atoms with van der Waals surface area (Å²) < 4.78 is 0. The van der Waals surface area contributed by atoms with Gasteiger partial charge in [-0.1, -0.05) is 0 Å². The minimum atomic E-state index is 0.769. The Kier molecular flexibility index (Phi) is 5.00. The van der Waals surface area contributed by atoms with Crippen molar-refractivity contribution in [3.63, 3.8) is 0 Å². The number of aryl methyl sites for hydroxylation is 2. The zero-order valence-corrected chi connectivity index (χ0v) is 8.72. The predicted molar refractivity (Wildman–Crippen MR) is 56.2 cm³/mol. The lowest BCUT2D eigenvalue weighted by atomic mass is 10.0. The van der Waals surface area contributed by atoms with Gasteiger partial charge in [-0.2, -0.15) is 0 Å². The summed E-state index contributed by atoms with van der Waals surface area (Å²) in [6.07, 6.45) is 0.888. The van der Waals surface area contributed by atoms with Crippen molar-refractivity contribution in [3.05, 3.63) is 34.4 Å². The van der Waals surface area contributed by atoms with Crippen LogP contribution >= 0.6 is 0 Å². The molecule has 0 radical (unpaired) electrons. The fourth-order valence-corrected chi connectivity index (χ4v) is 1.14. The van der Waals surface area contributed by atoms with Crippen molar-refractivity contribution in [2.24, 2.45) is 5.73 Å². The van der Waals surface area contributed by atoms with Crippen LogP contribution in [0.5, 0.6) is 0 Å². The van der Waals surface area contributed by atoms with Gasteiger partial charge in [0.15, 0.2) is 0 Å². The van der Waals surface area contributed by atoms with Crippen molar-refractivity contribution >= 4 is 6.29 Å². The SMILES string of the molecule is CN.Cc1cc(C=O)cc(C)c1C. The molecule has 0 aliphatic rings. The first-order valence-electron chi connectivity index (χ1n) is 4.26. The van der Waals surface area contributed by atoms with E-state index in [0.29, 0.717) is 0 Å². The summed E-state index contributed by atoms with van der Waals surface area (Å²) in [6.45, 7) is 6.11. The van der Waals surface area contributed by atoms with Crippen LogP contribution in [0.3, 0.4) is 0 Å². The second kappa shape index (κ2) is 5.49. The average Bonchev–Trinajstić information content (AvgIpc) is 2.16. The molecule has 2 N–H and O–H groups in total. The first-order valence-corrected chi connectivity index (χ1v) is 4.26. The van der Waals surface area contributed by atoms with Gasteiger partial charge in [0.25, 0.3) is 0 Å². The summed E-state index contributed by atoms with van der Waals surface area (Å²) in [5, 5.41) is 0. The zero-order chi connectivity index (χ0) is 10.4. The summed E-state index contributed by atoms with van der Waals surface area (Å²) in [5.74, 6) is 0. The standard InChI is InChI=1S/C10H12O.CH5N/c1-7-4-10(6-11)5-8(2)9(7)3;1-2/h4-6H,1-3H3;2H2,1H3. The minimum Gasteiger partial charge on any atom is -0.333 e. The van der Waals surface area contributed by atoms with Crippen LogP contribution in [0, 0.1) is 20.8 Å². The van der Waals surface area contributed by atoms with E-state index in [-0.39, 0.29) is 0 Å². The van der Waals surface area contributed by atoms with Gasteiger partial charge in [-0.15, -0.1) is 0 Å². The number of hydrogen-bond donors (Lipinski definition) is 1. The molecule has 0 saturated heterocycles. The Morgan fingerprint density at radius 1 is 1.08 bits per heavy atom. The molecule has 2 heteroatoms. The Balaban J connectivity index is 0.000000671. The number of benzene rings is 1. The van der Waals surface area contributed by atoms with Crippen molar-refractivity contribution in [2.75, 3.05) is 7.05 Å². The van der Waals surface area contributed by atoms with Gasteiger partial charge >= 0.3 is 0 Å². The van der Waals surface area contributed by atoms with Crippen LogP contribution in [0.2, 0.25) is 0 Å². The van der Waals surface area contributed by atoms with Crippen molar-refractivity contribution in [2.45, 2.75) is 20.8 Å². The van der Waals surface area contributed by atoms with Crippen molar-refractivity contribution < 1.29 is 4.79 Å². The van der Waals surface area contributed by atoms with Crippen molar-refractivity contribution in [3.8, 4) is 0 Å². The summed E-state index contributed by atoms with van der Waals surface area (Å²) in [6, 6.07) is 3.82. The van der Waals surface area contributed by atoms with E-state index in [1.54, 1.807) is 0 Å². The Morgan fingerprint density at radius 3 is 1.77 bits per heavy atom. The van der Waals surface area contributed by atoms with Gasteiger partial charge in [0.1, 0.15) is 6.29 Å². The lowest BCUT2D eigenvalue weighted by Crippen LogP contribution is -1.89. The van der Waals surface area contributed by atoms with Crippen LogP contribution in [-0.4, -0.2) is 13.3 Å². The van der Waals surface area contributed by atoms with E-state index in [0.717, 1.165) is 11.8 Å². The molecule has 72 valence electrons. The van der Waals surface area contributed by atoms with Crippen LogP contribution in [0.4, 0.5) is 0 Å². The third-order valence-electron chi connectivity index (χ3n) is 2.09. The Bertz CT molecular complexity index is 269. The van der Waals surface area contributed by atoms with Crippen LogP contribution < -0.4 is 5.73 Å². The zero-order valence-electron chi connectivity index (χ0n) is 8.72. The molecule has 1 aromatic carbocycles. The molecule has 0 aliphatic heterocycles. The third-order valence-corrected chi connectivity index (χ3v) is 2.09. The summed E-state index contributed by atoms with van der Waals surface area (Å²) in [4.78, 5) is 10.4. The number of nitrogens with two attached hydrogens (primary N) is 1. The molecule has 0 saturated carbocycles. The van der Waals surface area contributed by atoms with E-state index < -0.39 is 0 Å². The summed E-state index contributed by atoms with van der Waals surface area (Å²) >= 11 is 0. The van der Waals surface area contributed by atoms with Gasteiger partial charge in [0, 0.05) is 5.56 Å². The molecule has 1 aromatic rings. The quantitative estimate of drug-likeness (QED) is 0.670. The van der Waals surface area contributed by atoms with Gasteiger partial charge in [-0.25, -0.2) is 0 Å². The maximum atomic E-state index is 10.4. The van der Waals surface area contributed by atoms with E-state index in [4.69, 9.17) is 0 Å². The molecule has 0 bridgehead atoms. The second-order valence-electron chi connectivity index (χ2n) is 2.90. The van der Waals surface area contributed by atoms with E-state index in [1.807, 2.05) is 26.0 Å². The molecule has 0 heterocycles. The molecule has 0 amide bonds. The highest BCUT2D eigenvalue weighted by Gasteiger charge is 1.98. The van der Waals surface area contributed by atoms with Crippen LogP contribution in [0.25, 0.3) is 0 Å². The molecule has 2 nitrogen and oxygen atoms in total. The molecular formula is C11H17NO. The van der Waals surface area contributed by atoms with E-state index >= 15 is 0 Å². The monoisotopic (exact) mass is 179 g/mol. The summed E-state index contributed by atoms with van der Waals surface area (Å²) in [5.41, 5.74) is 8.92. The number of carbonyl (C=O) groups excluding carboxylic acids is 1. The molecular weight excluding hydrogens is 162 g/mol. The molecule has 13 heavy (non-hydrogen) atoms. The van der Waals surface area contributed by atoms with Gasteiger partial charge in [-0.3, -0.25) is 4.79 Å². The lowest BCUT2D eigenvalue weighted by Gasteiger charge is -2.04. The van der Waals surface area contributed by atoms with Gasteiger partial charge < -0.3 is 5.73 Å². The normalized spacial score (nSPS) is 8.69. The van der Waals surface area contributed by atoms with Gasteiger partial charge in [0.2, 0.25) is 0 Å². The van der Waals surface area contributed by atoms with Crippen LogP contribution in [0.1, 0.15) is 27.0 Å². The molecule has 0 spiro atoms. The van der Waals surface area contributed by atoms with E-state index in [2.05, 4.69) is 12.7 Å². The van der Waals surface area contributed by atoms with Gasteiger partial charge in [-0.05, 0) is 56.6 Å². The highest BCUT2D eigenvalue weighted by Crippen LogP contribution is 2.13. The van der Waals surface area contributed by atoms with Crippen LogP contribution in [0.15, 0.2) is 12.1 Å². The third kappa shape index (κ3) is 2.99. The maximum Gasteiger partial charge on any atom is 0.150 e. The molecule has 0 aliphatic carbocycles. The Labute approximate surface area is 79.8 Å². The first-order chi connectivity index (χ1) is 6.15. The topological polar surface area (TPSA) is 43.1 Å². The van der Waals surface area contributed by atoms with Gasteiger partial charge in [0.05, 0.1) is 0 Å². The number of carbonyl (C=O) groups is 1. The highest BCUT2D eigenvalue weighted by atomic mass is 16.1. The van der Waals surface area contributed by atoms with Crippen LogP contribution in [-0.2, 0) is 0 Å². The molecule has 1 rings (SSSR count). The smallest absolute Gasteiger partial charge is 0.150 e. The van der Waals surface area contributed by atoms with E-state index in [9.17, 15) is 4.79 Å². The fraction of sp³-hybridized carbons (Fsp3) is 0.364. The number of rotatable bonds is 1. The highest BCUT2D eigenvalue weighted by molar-refractivity contribution is 5.75. The number of aldehydes is 1. The lowest BCUT2D eigenvalue weighted by molar-refractivity contribution is 0.112. The van der Waals surface area contributed by atoms with Crippen molar-refractivity contribution in [1.82, 2.24) is 0 Å². The molecule has 0 unspecified atom stereocenters. The number of hydrogen-bond acceptors (Lipinski definition) is 2. The Hall–Kier alpha value is -1.15. The summed E-state index contributed by atoms with van der Waals surface area (Å²) in [7, 11) is 1.50. The largest absolute Gasteiger partial charge is 0.333 e. The van der Waals surface area contributed by atoms with Crippen molar-refractivity contribution in [1.29, 1.82) is 0 Å². The second-order valence-corrected chi connectivity index (χ2v) is 2.90. The predicted octanol–water partition coefficient (Wildman–Crippen LogP) is 2.00. The Morgan fingerprint density at radius 2 is 1.46 bits per heavy atom. The maximum absolute atomic E-state index is 10.4. The van der Waals surface area contributed by atoms with E-state index in [1.165, 1.54) is 23.7 Å². The minimum absolute atomic E-state index is 0.769. The fourth-order valence-electron chi connectivity index (χ4n) is 1.14. The first kappa shape index (κ1) is 11.8. The molecule has 0 aromatic heterocycles. The molecule has 0 atom stereocenters. The molecule has 0 fully saturated rings.